The lowest BCUT2D eigenvalue weighted by molar-refractivity contribution is 0.660. The zero-order valence-electron chi connectivity index (χ0n) is 36.4. The van der Waals surface area contributed by atoms with Gasteiger partial charge in [0.25, 0.3) is 0 Å². The molecule has 1 aliphatic rings. The van der Waals surface area contributed by atoms with Gasteiger partial charge in [-0.1, -0.05) is 196 Å². The number of furan rings is 1. The minimum Gasteiger partial charge on any atom is -0.456 e. The average Bonchev–Trinajstić information content (AvgIpc) is 3.85. The van der Waals surface area contributed by atoms with Crippen LogP contribution >= 0.6 is 0 Å². The van der Waals surface area contributed by atoms with Crippen LogP contribution in [0.25, 0.3) is 88.7 Å². The first-order valence-corrected chi connectivity index (χ1v) is 22.5. The van der Waals surface area contributed by atoms with E-state index in [0.29, 0.717) is 0 Å². The number of hydrogen-bond acceptors (Lipinski definition) is 2. The van der Waals surface area contributed by atoms with Crippen molar-refractivity contribution in [2.45, 2.75) is 19.3 Å². The molecule has 308 valence electrons. The van der Waals surface area contributed by atoms with Crippen LogP contribution in [0.2, 0.25) is 0 Å². The molecule has 1 aliphatic carbocycles. The van der Waals surface area contributed by atoms with E-state index in [9.17, 15) is 0 Å². The smallest absolute Gasteiger partial charge is 0.135 e. The number of nitrogens with zero attached hydrogens (tertiary/aromatic N) is 1. The number of benzene rings is 10. The van der Waals surface area contributed by atoms with Gasteiger partial charge in [0, 0.05) is 33.1 Å². The van der Waals surface area contributed by atoms with Crippen LogP contribution < -0.4 is 4.90 Å². The van der Waals surface area contributed by atoms with E-state index in [1.54, 1.807) is 0 Å². The fourth-order valence-electron chi connectivity index (χ4n) is 10.2. The molecule has 2 heteroatoms. The van der Waals surface area contributed by atoms with Gasteiger partial charge in [0.15, 0.2) is 0 Å². The van der Waals surface area contributed by atoms with Gasteiger partial charge in [-0.05, 0) is 127 Å². The van der Waals surface area contributed by atoms with E-state index in [1.807, 2.05) is 12.1 Å². The minimum absolute atomic E-state index is 0.0966. The van der Waals surface area contributed by atoms with E-state index >= 15 is 0 Å². The molecular weight excluding hydrogens is 787 g/mol. The summed E-state index contributed by atoms with van der Waals surface area (Å²) in [6.45, 7) is 4.71. The third-order valence-corrected chi connectivity index (χ3v) is 13.5. The van der Waals surface area contributed by atoms with Crippen molar-refractivity contribution >= 4 is 39.0 Å². The number of rotatable bonds is 8. The first-order valence-electron chi connectivity index (χ1n) is 22.5. The summed E-state index contributed by atoms with van der Waals surface area (Å²) in [4.78, 5) is 2.46. The predicted octanol–water partition coefficient (Wildman–Crippen LogP) is 17.7. The average molecular weight is 832 g/mol. The monoisotopic (exact) mass is 831 g/mol. The Balaban J connectivity index is 1.08. The molecule has 0 saturated heterocycles. The lowest BCUT2D eigenvalue weighted by Gasteiger charge is -2.30. The van der Waals surface area contributed by atoms with Gasteiger partial charge < -0.3 is 9.32 Å². The second kappa shape index (κ2) is 15.6. The zero-order valence-corrected chi connectivity index (χ0v) is 36.4. The summed E-state index contributed by atoms with van der Waals surface area (Å²) in [6, 6.07) is 86.1. The van der Waals surface area contributed by atoms with Gasteiger partial charge in [-0.2, -0.15) is 0 Å². The van der Waals surface area contributed by atoms with Crippen molar-refractivity contribution in [3.63, 3.8) is 0 Å². The van der Waals surface area contributed by atoms with Gasteiger partial charge in [-0.3, -0.25) is 0 Å². The highest BCUT2D eigenvalue weighted by atomic mass is 16.3. The Kier molecular flexibility index (Phi) is 9.21. The Morgan fingerprint density at radius 1 is 0.323 bits per heavy atom. The standard InChI is InChI=1S/C63H45NO/c1-63(2)57-27-11-9-24-53(57)54-36-34-48(41-58(54)63)47-21-14-23-51(39-47)64(50-22-13-20-46(38-50)43-18-7-4-8-19-43)59-28-15-26-52(49-35-37-61-56(40-49)55-25-10-12-29-60(55)65-61)62(59)45-32-30-44(31-33-45)42-16-5-3-6-17-42/h3-41H,1-2H3. The third-order valence-electron chi connectivity index (χ3n) is 13.5. The van der Waals surface area contributed by atoms with E-state index in [1.165, 1.54) is 50.1 Å². The molecule has 12 rings (SSSR count). The van der Waals surface area contributed by atoms with Gasteiger partial charge in [0.05, 0.1) is 5.69 Å². The van der Waals surface area contributed by atoms with Crippen LogP contribution in [0.1, 0.15) is 25.0 Å². The fraction of sp³-hybridized carbons (Fsp3) is 0.0476. The molecule has 0 saturated carbocycles. The Bertz CT molecular complexity index is 3560. The van der Waals surface area contributed by atoms with E-state index in [0.717, 1.165) is 66.8 Å². The maximum atomic E-state index is 6.33. The number of hydrogen-bond donors (Lipinski definition) is 0. The Hall–Kier alpha value is -8.20. The van der Waals surface area contributed by atoms with Crippen molar-refractivity contribution in [1.82, 2.24) is 0 Å². The topological polar surface area (TPSA) is 16.4 Å². The van der Waals surface area contributed by atoms with Gasteiger partial charge in [-0.15, -0.1) is 0 Å². The first kappa shape index (κ1) is 38.5. The summed E-state index contributed by atoms with van der Waals surface area (Å²) in [6.07, 6.45) is 0. The van der Waals surface area contributed by atoms with E-state index in [4.69, 9.17) is 4.42 Å². The molecule has 0 N–H and O–H groups in total. The molecule has 0 unspecified atom stereocenters. The molecule has 0 radical (unpaired) electrons. The number of para-hydroxylation sites is 1. The van der Waals surface area contributed by atoms with Crippen molar-refractivity contribution in [3.05, 3.63) is 248 Å². The van der Waals surface area contributed by atoms with E-state index in [-0.39, 0.29) is 5.41 Å². The highest BCUT2D eigenvalue weighted by Gasteiger charge is 2.35. The molecule has 0 fully saturated rings. The highest BCUT2D eigenvalue weighted by Crippen LogP contribution is 2.51. The molecule has 0 amide bonds. The molecular formula is C63H45NO. The minimum atomic E-state index is -0.0966. The lowest BCUT2D eigenvalue weighted by atomic mass is 9.81. The summed E-state index contributed by atoms with van der Waals surface area (Å²) in [5.74, 6) is 0. The first-order chi connectivity index (χ1) is 32.0. The number of anilines is 3. The molecule has 2 nitrogen and oxygen atoms in total. The summed E-state index contributed by atoms with van der Waals surface area (Å²) in [5.41, 5.74) is 22.0. The molecule has 0 aliphatic heterocycles. The summed E-state index contributed by atoms with van der Waals surface area (Å²) >= 11 is 0. The summed E-state index contributed by atoms with van der Waals surface area (Å²) in [5, 5.41) is 2.22. The third kappa shape index (κ3) is 6.65. The van der Waals surface area contributed by atoms with E-state index in [2.05, 4.69) is 243 Å². The van der Waals surface area contributed by atoms with Crippen molar-refractivity contribution < 1.29 is 4.42 Å². The Morgan fingerprint density at radius 2 is 0.831 bits per heavy atom. The molecule has 1 aromatic heterocycles. The summed E-state index contributed by atoms with van der Waals surface area (Å²) in [7, 11) is 0. The highest BCUT2D eigenvalue weighted by molar-refractivity contribution is 6.07. The van der Waals surface area contributed by atoms with Crippen LogP contribution in [0, 0.1) is 0 Å². The van der Waals surface area contributed by atoms with Crippen LogP contribution in [0.3, 0.4) is 0 Å². The molecule has 0 spiro atoms. The van der Waals surface area contributed by atoms with Crippen LogP contribution in [0.5, 0.6) is 0 Å². The van der Waals surface area contributed by atoms with Crippen LogP contribution in [0.4, 0.5) is 17.1 Å². The lowest BCUT2D eigenvalue weighted by Crippen LogP contribution is -2.15. The summed E-state index contributed by atoms with van der Waals surface area (Å²) < 4.78 is 6.33. The Labute approximate surface area is 380 Å². The van der Waals surface area contributed by atoms with E-state index < -0.39 is 0 Å². The second-order valence-electron chi connectivity index (χ2n) is 17.7. The molecule has 1 heterocycles. The van der Waals surface area contributed by atoms with Crippen molar-refractivity contribution in [2.24, 2.45) is 0 Å². The molecule has 0 bridgehead atoms. The van der Waals surface area contributed by atoms with Crippen LogP contribution in [-0.4, -0.2) is 0 Å². The largest absolute Gasteiger partial charge is 0.456 e. The van der Waals surface area contributed by atoms with Crippen molar-refractivity contribution in [2.75, 3.05) is 4.90 Å². The fourth-order valence-corrected chi connectivity index (χ4v) is 10.2. The molecule has 0 atom stereocenters. The molecule has 65 heavy (non-hydrogen) atoms. The SMILES string of the molecule is CC1(C)c2ccccc2-c2ccc(-c3cccc(N(c4cccc(-c5ccccc5)c4)c4cccc(-c5ccc6oc7ccccc7c6c5)c4-c4ccc(-c5ccccc5)cc4)c3)cc21. The van der Waals surface area contributed by atoms with Crippen molar-refractivity contribution in [3.8, 4) is 66.8 Å². The number of fused-ring (bicyclic) bond motifs is 6. The quantitative estimate of drug-likeness (QED) is 0.152. The van der Waals surface area contributed by atoms with Crippen LogP contribution in [-0.2, 0) is 5.41 Å². The predicted molar refractivity (Wildman–Crippen MR) is 273 cm³/mol. The maximum Gasteiger partial charge on any atom is 0.135 e. The molecule has 10 aromatic carbocycles. The van der Waals surface area contributed by atoms with Gasteiger partial charge in [-0.25, -0.2) is 0 Å². The van der Waals surface area contributed by atoms with Gasteiger partial charge in [0.2, 0.25) is 0 Å². The second-order valence-corrected chi connectivity index (χ2v) is 17.7. The Morgan fingerprint density at radius 3 is 1.58 bits per heavy atom. The maximum absolute atomic E-state index is 6.33. The van der Waals surface area contributed by atoms with Gasteiger partial charge >= 0.3 is 0 Å². The van der Waals surface area contributed by atoms with Crippen LogP contribution in [0.15, 0.2) is 241 Å². The zero-order chi connectivity index (χ0) is 43.5. The normalized spacial score (nSPS) is 12.6. The van der Waals surface area contributed by atoms with Crippen molar-refractivity contribution in [1.29, 1.82) is 0 Å². The van der Waals surface area contributed by atoms with Gasteiger partial charge in [0.1, 0.15) is 11.2 Å². The molecule has 11 aromatic rings.